The predicted molar refractivity (Wildman–Crippen MR) is 77.4 cm³/mol. The van der Waals surface area contributed by atoms with Gasteiger partial charge in [0.2, 0.25) is 0 Å². The molecule has 0 bridgehead atoms. The molecule has 1 aromatic heterocycles. The van der Waals surface area contributed by atoms with Crippen LogP contribution in [0.5, 0.6) is 0 Å². The maximum atomic E-state index is 12.1. The summed E-state index contributed by atoms with van der Waals surface area (Å²) in [4.78, 5) is 26.3. The number of nitro benzene ring substituents is 1. The van der Waals surface area contributed by atoms with E-state index in [2.05, 4.69) is 26.2 Å². The molecule has 2 aromatic rings. The van der Waals surface area contributed by atoms with E-state index in [4.69, 9.17) is 5.73 Å². The predicted octanol–water partition coefficient (Wildman–Crippen LogP) is 2.59. The molecule has 1 heterocycles. The van der Waals surface area contributed by atoms with Crippen molar-refractivity contribution in [3.8, 4) is 0 Å². The van der Waals surface area contributed by atoms with Gasteiger partial charge in [-0.3, -0.25) is 14.9 Å². The number of carbonyl (C=O) groups is 1. The number of nitrogens with two attached hydrogens (primary N) is 1. The molecular formula is C12H9BrN4O3. The number of para-hydroxylation sites is 1. The van der Waals surface area contributed by atoms with E-state index in [1.165, 1.54) is 24.4 Å². The van der Waals surface area contributed by atoms with Crippen LogP contribution in [-0.2, 0) is 0 Å². The number of hydrogen-bond donors (Lipinski definition) is 2. The maximum absolute atomic E-state index is 12.1. The van der Waals surface area contributed by atoms with Gasteiger partial charge in [0.05, 0.1) is 4.92 Å². The average Bonchev–Trinajstić information content (AvgIpc) is 2.40. The third-order valence-corrected chi connectivity index (χ3v) is 2.93. The second-order valence-corrected chi connectivity index (χ2v) is 4.73. The summed E-state index contributed by atoms with van der Waals surface area (Å²) in [7, 11) is 0. The van der Waals surface area contributed by atoms with Gasteiger partial charge in [0.15, 0.2) is 0 Å². The van der Waals surface area contributed by atoms with Crippen molar-refractivity contribution < 1.29 is 9.72 Å². The monoisotopic (exact) mass is 336 g/mol. The van der Waals surface area contributed by atoms with E-state index in [9.17, 15) is 14.9 Å². The van der Waals surface area contributed by atoms with Crippen molar-refractivity contribution in [2.24, 2.45) is 0 Å². The molecule has 0 aliphatic heterocycles. The highest BCUT2D eigenvalue weighted by Gasteiger charge is 2.23. The number of nitro groups is 1. The Bertz CT molecular complexity index is 673. The van der Waals surface area contributed by atoms with Gasteiger partial charge in [-0.25, -0.2) is 4.98 Å². The van der Waals surface area contributed by atoms with Crippen LogP contribution in [0.15, 0.2) is 41.0 Å². The second kappa shape index (κ2) is 5.66. The van der Waals surface area contributed by atoms with Gasteiger partial charge in [0, 0.05) is 10.7 Å². The lowest BCUT2D eigenvalue weighted by Gasteiger charge is -2.06. The van der Waals surface area contributed by atoms with E-state index in [0.29, 0.717) is 0 Å². The maximum Gasteiger partial charge on any atom is 0.304 e. The van der Waals surface area contributed by atoms with E-state index < -0.39 is 16.5 Å². The summed E-state index contributed by atoms with van der Waals surface area (Å²) in [6.45, 7) is 0. The van der Waals surface area contributed by atoms with Gasteiger partial charge < -0.3 is 11.1 Å². The van der Waals surface area contributed by atoms with E-state index >= 15 is 0 Å². The molecule has 0 radical (unpaired) electrons. The zero-order chi connectivity index (χ0) is 14.7. The van der Waals surface area contributed by atoms with Gasteiger partial charge in [0.25, 0.3) is 5.91 Å². The van der Waals surface area contributed by atoms with Crippen molar-refractivity contribution in [3.05, 3.63) is 56.7 Å². The van der Waals surface area contributed by atoms with Crippen LogP contribution in [0.25, 0.3) is 0 Å². The Kier molecular flexibility index (Phi) is 3.94. The summed E-state index contributed by atoms with van der Waals surface area (Å²) >= 11 is 3.22. The molecule has 0 unspecified atom stereocenters. The van der Waals surface area contributed by atoms with Crippen LogP contribution < -0.4 is 11.1 Å². The first kappa shape index (κ1) is 13.9. The first-order chi connectivity index (χ1) is 9.49. The quantitative estimate of drug-likeness (QED) is 0.508. The molecule has 2 rings (SSSR count). The van der Waals surface area contributed by atoms with E-state index in [1.807, 2.05) is 0 Å². The highest BCUT2D eigenvalue weighted by atomic mass is 79.9. The van der Waals surface area contributed by atoms with Crippen molar-refractivity contribution in [1.82, 2.24) is 4.98 Å². The first-order valence-electron chi connectivity index (χ1n) is 5.45. The Labute approximate surface area is 122 Å². The molecule has 8 heteroatoms. The molecule has 0 aliphatic rings. The Balaban J connectivity index is 2.32. The number of benzene rings is 1. The van der Waals surface area contributed by atoms with Crippen LogP contribution in [-0.4, -0.2) is 15.8 Å². The SMILES string of the molecule is Nc1cccc(C(=O)Nc2ccc(Br)cn2)c1[N+](=O)[O-]. The number of nitrogens with zero attached hydrogens (tertiary/aromatic N) is 2. The Morgan fingerprint density at radius 3 is 2.70 bits per heavy atom. The fraction of sp³-hybridized carbons (Fsp3) is 0. The number of anilines is 2. The third kappa shape index (κ3) is 2.91. The van der Waals surface area contributed by atoms with Gasteiger partial charge in [-0.2, -0.15) is 0 Å². The third-order valence-electron chi connectivity index (χ3n) is 2.46. The van der Waals surface area contributed by atoms with Gasteiger partial charge in [-0.15, -0.1) is 0 Å². The number of carbonyl (C=O) groups excluding carboxylic acids is 1. The van der Waals surface area contributed by atoms with Crippen molar-refractivity contribution in [2.45, 2.75) is 0 Å². The molecule has 0 aliphatic carbocycles. The molecule has 1 aromatic carbocycles. The highest BCUT2D eigenvalue weighted by Crippen LogP contribution is 2.26. The molecule has 3 N–H and O–H groups in total. The molecule has 0 spiro atoms. The minimum Gasteiger partial charge on any atom is -0.393 e. The number of nitrogens with one attached hydrogen (secondary N) is 1. The summed E-state index contributed by atoms with van der Waals surface area (Å²) in [6.07, 6.45) is 1.50. The molecule has 0 atom stereocenters. The van der Waals surface area contributed by atoms with Gasteiger partial charge in [0.1, 0.15) is 17.1 Å². The van der Waals surface area contributed by atoms with Gasteiger partial charge in [-0.05, 0) is 40.2 Å². The van der Waals surface area contributed by atoms with Crippen molar-refractivity contribution in [2.75, 3.05) is 11.1 Å². The summed E-state index contributed by atoms with van der Waals surface area (Å²) in [5, 5.41) is 13.4. The van der Waals surface area contributed by atoms with Crippen LogP contribution in [0, 0.1) is 10.1 Å². The average molecular weight is 337 g/mol. The summed E-state index contributed by atoms with van der Waals surface area (Å²) in [5.41, 5.74) is 4.94. The number of nitrogen functional groups attached to an aromatic ring is 1. The highest BCUT2D eigenvalue weighted by molar-refractivity contribution is 9.10. The first-order valence-corrected chi connectivity index (χ1v) is 6.24. The Hall–Kier alpha value is -2.48. The molecule has 0 saturated heterocycles. The molecule has 7 nitrogen and oxygen atoms in total. The Morgan fingerprint density at radius 1 is 1.35 bits per heavy atom. The number of rotatable bonds is 3. The summed E-state index contributed by atoms with van der Waals surface area (Å²) in [5.74, 6) is -0.353. The minimum atomic E-state index is -0.681. The standard InChI is InChI=1S/C12H9BrN4O3/c13-7-4-5-10(15-6-7)16-12(18)8-2-1-3-9(14)11(8)17(19)20/h1-6H,14H2,(H,15,16,18). The van der Waals surface area contributed by atoms with E-state index in [-0.39, 0.29) is 17.1 Å². The fourth-order valence-electron chi connectivity index (χ4n) is 1.58. The van der Waals surface area contributed by atoms with Crippen LogP contribution in [0.2, 0.25) is 0 Å². The number of aromatic nitrogens is 1. The molecule has 1 amide bonds. The van der Waals surface area contributed by atoms with Crippen molar-refractivity contribution in [1.29, 1.82) is 0 Å². The normalized spacial score (nSPS) is 10.1. The molecule has 102 valence electrons. The van der Waals surface area contributed by atoms with Crippen molar-refractivity contribution >= 4 is 39.0 Å². The number of pyridine rings is 1. The van der Waals surface area contributed by atoms with E-state index in [1.54, 1.807) is 12.1 Å². The zero-order valence-corrected chi connectivity index (χ0v) is 11.6. The minimum absolute atomic E-state index is 0.0635. The van der Waals surface area contributed by atoms with Crippen LogP contribution >= 0.6 is 15.9 Å². The number of halogens is 1. The largest absolute Gasteiger partial charge is 0.393 e. The molecular weight excluding hydrogens is 328 g/mol. The van der Waals surface area contributed by atoms with Crippen LogP contribution in [0.1, 0.15) is 10.4 Å². The van der Waals surface area contributed by atoms with E-state index in [0.717, 1.165) is 4.47 Å². The lowest BCUT2D eigenvalue weighted by molar-refractivity contribution is -0.384. The molecule has 0 saturated carbocycles. The number of hydrogen-bond acceptors (Lipinski definition) is 5. The zero-order valence-electron chi connectivity index (χ0n) is 10.0. The number of amides is 1. The lowest BCUT2D eigenvalue weighted by atomic mass is 10.1. The summed E-state index contributed by atoms with van der Waals surface area (Å²) < 4.78 is 0.755. The van der Waals surface area contributed by atoms with Crippen molar-refractivity contribution in [3.63, 3.8) is 0 Å². The smallest absolute Gasteiger partial charge is 0.304 e. The van der Waals surface area contributed by atoms with Gasteiger partial charge >= 0.3 is 5.69 Å². The molecule has 0 fully saturated rings. The van der Waals surface area contributed by atoms with Crippen LogP contribution in [0.3, 0.4) is 0 Å². The lowest BCUT2D eigenvalue weighted by Crippen LogP contribution is -2.15. The fourth-order valence-corrected chi connectivity index (χ4v) is 1.82. The second-order valence-electron chi connectivity index (χ2n) is 3.82. The van der Waals surface area contributed by atoms with Crippen LogP contribution in [0.4, 0.5) is 17.2 Å². The molecule has 20 heavy (non-hydrogen) atoms. The Morgan fingerprint density at radius 2 is 2.10 bits per heavy atom. The van der Waals surface area contributed by atoms with Gasteiger partial charge in [-0.1, -0.05) is 6.07 Å². The topological polar surface area (TPSA) is 111 Å². The summed E-state index contributed by atoms with van der Waals surface area (Å²) in [6, 6.07) is 7.44.